The zero-order chi connectivity index (χ0) is 20.5. The Kier molecular flexibility index (Phi) is 5.38. The van der Waals surface area contributed by atoms with Gasteiger partial charge in [0.2, 0.25) is 0 Å². The number of aryl methyl sites for hydroxylation is 1. The lowest BCUT2D eigenvalue weighted by atomic mass is 10.0. The maximum Gasteiger partial charge on any atom is 0.266 e. The lowest BCUT2D eigenvalue weighted by Crippen LogP contribution is -2.30. The summed E-state index contributed by atoms with van der Waals surface area (Å²) in [5.41, 5.74) is 1.82. The minimum atomic E-state index is -0.399. The highest BCUT2D eigenvalue weighted by Crippen LogP contribution is 2.40. The van der Waals surface area contributed by atoms with E-state index < -0.39 is 5.82 Å². The molecule has 0 atom stereocenters. The van der Waals surface area contributed by atoms with Crippen molar-refractivity contribution in [2.24, 2.45) is 0 Å². The summed E-state index contributed by atoms with van der Waals surface area (Å²) in [6.07, 6.45) is 7.61. The Morgan fingerprint density at radius 1 is 1.00 bits per heavy atom. The van der Waals surface area contributed by atoms with Crippen LogP contribution in [0.15, 0.2) is 47.3 Å². The summed E-state index contributed by atoms with van der Waals surface area (Å²) in [6.45, 7) is 3.36. The van der Waals surface area contributed by atoms with E-state index in [-0.39, 0.29) is 17.0 Å². The molecule has 5 rings (SSSR count). The molecule has 0 bridgehead atoms. The lowest BCUT2D eigenvalue weighted by Gasteiger charge is -2.26. The fourth-order valence-corrected chi connectivity index (χ4v) is 4.66. The predicted molar refractivity (Wildman–Crippen MR) is 118 cm³/mol. The van der Waals surface area contributed by atoms with Crippen LogP contribution in [0.25, 0.3) is 16.6 Å². The molecule has 4 nitrogen and oxygen atoms in total. The minimum Gasteiger partial charge on any atom is -0.303 e. The first-order valence-corrected chi connectivity index (χ1v) is 11.2. The summed E-state index contributed by atoms with van der Waals surface area (Å²) in [4.78, 5) is 20.9. The standard InChI is InChI=1S/C25H28FN3O/c26-21-14-13-18(8-7-17-28-15-5-2-6-16-28)22-23(21)27-24(19-11-12-19)29(25(22)30)20-9-3-1-4-10-20/h1,3-4,9-10,13-14,19H,2,5-8,11-12,15-17H2. The van der Waals surface area contributed by atoms with Crippen molar-refractivity contribution in [2.75, 3.05) is 19.6 Å². The van der Waals surface area contributed by atoms with Gasteiger partial charge in [-0.3, -0.25) is 9.36 Å². The molecule has 2 aliphatic rings. The van der Waals surface area contributed by atoms with Crippen molar-refractivity contribution in [3.05, 3.63) is 70.0 Å². The molecule has 3 aromatic rings. The van der Waals surface area contributed by atoms with Crippen LogP contribution in [0.3, 0.4) is 0 Å². The summed E-state index contributed by atoms with van der Waals surface area (Å²) >= 11 is 0. The highest BCUT2D eigenvalue weighted by atomic mass is 19.1. The van der Waals surface area contributed by atoms with E-state index in [0.29, 0.717) is 11.2 Å². The number of piperidine rings is 1. The summed E-state index contributed by atoms with van der Waals surface area (Å²) in [7, 11) is 0. The molecule has 5 heteroatoms. The van der Waals surface area contributed by atoms with E-state index in [1.54, 1.807) is 10.6 Å². The molecule has 1 saturated heterocycles. The second-order valence-corrected chi connectivity index (χ2v) is 8.66. The Morgan fingerprint density at radius 2 is 1.77 bits per heavy atom. The van der Waals surface area contributed by atoms with Crippen LogP contribution >= 0.6 is 0 Å². The van der Waals surface area contributed by atoms with Crippen molar-refractivity contribution in [1.82, 2.24) is 14.5 Å². The van der Waals surface area contributed by atoms with E-state index in [4.69, 9.17) is 4.98 Å². The molecule has 0 spiro atoms. The third-order valence-electron chi connectivity index (χ3n) is 6.41. The lowest BCUT2D eigenvalue weighted by molar-refractivity contribution is 0.226. The normalized spacial score (nSPS) is 17.5. The van der Waals surface area contributed by atoms with E-state index >= 15 is 0 Å². The molecular weight excluding hydrogens is 377 g/mol. The van der Waals surface area contributed by atoms with Crippen LogP contribution in [-0.2, 0) is 6.42 Å². The second-order valence-electron chi connectivity index (χ2n) is 8.66. The number of hydrogen-bond acceptors (Lipinski definition) is 3. The number of likely N-dealkylation sites (tertiary alicyclic amines) is 1. The first kappa shape index (κ1) is 19.4. The van der Waals surface area contributed by atoms with E-state index in [0.717, 1.165) is 56.6 Å². The molecule has 1 aromatic heterocycles. The number of halogens is 1. The van der Waals surface area contributed by atoms with Crippen LogP contribution < -0.4 is 5.56 Å². The third kappa shape index (κ3) is 3.79. The first-order valence-electron chi connectivity index (χ1n) is 11.2. The maximum absolute atomic E-state index is 14.7. The van der Waals surface area contributed by atoms with Gasteiger partial charge in [0.1, 0.15) is 17.2 Å². The van der Waals surface area contributed by atoms with Crippen molar-refractivity contribution in [2.45, 2.75) is 50.9 Å². The zero-order valence-electron chi connectivity index (χ0n) is 17.3. The van der Waals surface area contributed by atoms with Crippen LogP contribution in [-0.4, -0.2) is 34.1 Å². The van der Waals surface area contributed by atoms with Gasteiger partial charge < -0.3 is 4.90 Å². The van der Waals surface area contributed by atoms with Crippen molar-refractivity contribution >= 4 is 10.9 Å². The molecule has 2 heterocycles. The fourth-order valence-electron chi connectivity index (χ4n) is 4.66. The Morgan fingerprint density at radius 3 is 2.50 bits per heavy atom. The maximum atomic E-state index is 14.7. The third-order valence-corrected chi connectivity index (χ3v) is 6.41. The Labute approximate surface area is 176 Å². The van der Waals surface area contributed by atoms with Gasteiger partial charge in [0.05, 0.1) is 11.1 Å². The van der Waals surface area contributed by atoms with Crippen LogP contribution in [0.1, 0.15) is 55.8 Å². The minimum absolute atomic E-state index is 0.138. The van der Waals surface area contributed by atoms with Crippen molar-refractivity contribution < 1.29 is 4.39 Å². The van der Waals surface area contributed by atoms with Crippen LogP contribution in [0.2, 0.25) is 0 Å². The Hall–Kier alpha value is -2.53. The van der Waals surface area contributed by atoms with Crippen LogP contribution in [0.4, 0.5) is 4.39 Å². The molecule has 30 heavy (non-hydrogen) atoms. The molecule has 0 amide bonds. The molecule has 1 aliphatic heterocycles. The monoisotopic (exact) mass is 405 g/mol. The molecule has 0 N–H and O–H groups in total. The first-order chi connectivity index (χ1) is 14.7. The van der Waals surface area contributed by atoms with Gasteiger partial charge in [0.15, 0.2) is 0 Å². The average molecular weight is 406 g/mol. The number of rotatable bonds is 6. The van der Waals surface area contributed by atoms with E-state index in [1.807, 2.05) is 30.3 Å². The van der Waals surface area contributed by atoms with Gasteiger partial charge in [-0.15, -0.1) is 0 Å². The summed E-state index contributed by atoms with van der Waals surface area (Å²) in [5.74, 6) is 0.538. The van der Waals surface area contributed by atoms with E-state index in [1.165, 1.54) is 25.3 Å². The van der Waals surface area contributed by atoms with E-state index in [9.17, 15) is 9.18 Å². The quantitative estimate of drug-likeness (QED) is 0.590. The fraction of sp³-hybridized carbons (Fsp3) is 0.440. The Balaban J connectivity index is 1.55. The Bertz CT molecular complexity index is 1100. The SMILES string of the molecule is O=c1c2c(CCCN3CCCCC3)ccc(F)c2nc(C2CC2)n1-c1ccccc1. The van der Waals surface area contributed by atoms with Crippen molar-refractivity contribution in [1.29, 1.82) is 0 Å². The van der Waals surface area contributed by atoms with Crippen LogP contribution in [0, 0.1) is 5.82 Å². The zero-order valence-corrected chi connectivity index (χ0v) is 17.3. The molecular formula is C25H28FN3O. The van der Waals surface area contributed by atoms with Gasteiger partial charge >= 0.3 is 0 Å². The highest BCUT2D eigenvalue weighted by molar-refractivity contribution is 5.82. The topological polar surface area (TPSA) is 38.1 Å². The van der Waals surface area contributed by atoms with Crippen molar-refractivity contribution in [3.63, 3.8) is 0 Å². The van der Waals surface area contributed by atoms with Gasteiger partial charge in [-0.2, -0.15) is 0 Å². The summed E-state index contributed by atoms with van der Waals surface area (Å²) in [6, 6.07) is 12.9. The number of aromatic nitrogens is 2. The van der Waals surface area contributed by atoms with Gasteiger partial charge in [-0.25, -0.2) is 9.37 Å². The smallest absolute Gasteiger partial charge is 0.266 e. The summed E-state index contributed by atoms with van der Waals surface area (Å²) in [5, 5.41) is 0.446. The van der Waals surface area contributed by atoms with Crippen LogP contribution in [0.5, 0.6) is 0 Å². The number of para-hydroxylation sites is 1. The molecule has 1 aliphatic carbocycles. The van der Waals surface area contributed by atoms with Gasteiger partial charge in [0.25, 0.3) is 5.56 Å². The number of fused-ring (bicyclic) bond motifs is 1. The van der Waals surface area contributed by atoms with Gasteiger partial charge in [0, 0.05) is 5.92 Å². The largest absolute Gasteiger partial charge is 0.303 e. The van der Waals surface area contributed by atoms with E-state index in [2.05, 4.69) is 4.90 Å². The summed E-state index contributed by atoms with van der Waals surface area (Å²) < 4.78 is 16.5. The molecule has 0 unspecified atom stereocenters. The second kappa shape index (κ2) is 8.31. The number of hydrogen-bond donors (Lipinski definition) is 0. The number of nitrogens with zero attached hydrogens (tertiary/aromatic N) is 3. The van der Waals surface area contributed by atoms with Gasteiger partial charge in [-0.1, -0.05) is 30.7 Å². The molecule has 0 radical (unpaired) electrons. The molecule has 1 saturated carbocycles. The molecule has 2 aromatic carbocycles. The van der Waals surface area contributed by atoms with Gasteiger partial charge in [-0.05, 0) is 81.9 Å². The average Bonchev–Trinajstić information content (AvgIpc) is 3.62. The molecule has 2 fully saturated rings. The highest BCUT2D eigenvalue weighted by Gasteiger charge is 2.30. The number of benzene rings is 2. The van der Waals surface area contributed by atoms with Crippen molar-refractivity contribution in [3.8, 4) is 5.69 Å². The molecule has 156 valence electrons. The predicted octanol–water partition coefficient (Wildman–Crippen LogP) is 4.82.